The maximum atomic E-state index is 12.5. The van der Waals surface area contributed by atoms with Gasteiger partial charge in [0.15, 0.2) is 0 Å². The highest BCUT2D eigenvalue weighted by molar-refractivity contribution is 9.09. The fourth-order valence-electron chi connectivity index (χ4n) is 0.614. The standard InChI is InChI=1S/C6H5BrF2N2/c1-4-10-3-2-5(11-4)6(7,8)9/h2-3H,1H3. The molecule has 0 saturated carbocycles. The van der Waals surface area contributed by atoms with Gasteiger partial charge in [0.05, 0.1) is 0 Å². The molecular formula is C6H5BrF2N2. The van der Waals surface area contributed by atoms with E-state index in [0.717, 1.165) is 0 Å². The Labute approximate surface area is 70.8 Å². The van der Waals surface area contributed by atoms with E-state index in [1.807, 2.05) is 0 Å². The van der Waals surface area contributed by atoms with E-state index in [2.05, 4.69) is 25.9 Å². The van der Waals surface area contributed by atoms with Crippen LogP contribution in [0, 0.1) is 6.92 Å². The fraction of sp³-hybridized carbons (Fsp3) is 0.333. The van der Waals surface area contributed by atoms with Gasteiger partial charge in [-0.1, -0.05) is 0 Å². The van der Waals surface area contributed by atoms with Crippen LogP contribution in [0.4, 0.5) is 8.78 Å². The minimum atomic E-state index is -3.05. The maximum absolute atomic E-state index is 12.5. The van der Waals surface area contributed by atoms with Gasteiger partial charge in [0.1, 0.15) is 11.5 Å². The highest BCUT2D eigenvalue weighted by Crippen LogP contribution is 2.32. The summed E-state index contributed by atoms with van der Waals surface area (Å²) in [6.07, 6.45) is 1.30. The highest BCUT2D eigenvalue weighted by Gasteiger charge is 2.28. The first kappa shape index (κ1) is 8.52. The monoisotopic (exact) mass is 222 g/mol. The molecule has 0 atom stereocenters. The van der Waals surface area contributed by atoms with E-state index in [9.17, 15) is 8.78 Å². The van der Waals surface area contributed by atoms with E-state index in [0.29, 0.717) is 5.82 Å². The van der Waals surface area contributed by atoms with E-state index >= 15 is 0 Å². The molecule has 0 aliphatic heterocycles. The van der Waals surface area contributed by atoms with Gasteiger partial charge >= 0.3 is 4.83 Å². The lowest BCUT2D eigenvalue weighted by atomic mass is 10.4. The average molecular weight is 223 g/mol. The molecule has 11 heavy (non-hydrogen) atoms. The SMILES string of the molecule is Cc1nccc(C(F)(F)Br)n1. The Bertz CT molecular complexity index is 259. The van der Waals surface area contributed by atoms with Gasteiger partial charge in [0, 0.05) is 6.20 Å². The Morgan fingerprint density at radius 1 is 1.55 bits per heavy atom. The second-order valence-corrected chi connectivity index (χ2v) is 2.98. The second-order valence-electron chi connectivity index (χ2n) is 1.99. The number of alkyl halides is 3. The summed E-state index contributed by atoms with van der Waals surface area (Å²) < 4.78 is 24.9. The minimum absolute atomic E-state index is 0.315. The van der Waals surface area contributed by atoms with Crippen molar-refractivity contribution in [3.8, 4) is 0 Å². The molecule has 2 nitrogen and oxygen atoms in total. The van der Waals surface area contributed by atoms with Crippen LogP contribution < -0.4 is 0 Å². The molecule has 0 unspecified atom stereocenters. The molecule has 0 aliphatic rings. The summed E-state index contributed by atoms with van der Waals surface area (Å²) >= 11 is 2.20. The predicted octanol–water partition coefficient (Wildman–Crippen LogP) is 2.23. The normalized spacial score (nSPS) is 11.6. The molecule has 0 saturated heterocycles. The summed E-state index contributed by atoms with van der Waals surface area (Å²) in [4.78, 5) is 4.17. The van der Waals surface area contributed by atoms with E-state index in [-0.39, 0.29) is 5.69 Å². The number of hydrogen-bond acceptors (Lipinski definition) is 2. The van der Waals surface area contributed by atoms with Crippen LogP contribution in [-0.4, -0.2) is 9.97 Å². The van der Waals surface area contributed by atoms with Crippen LogP contribution >= 0.6 is 15.9 Å². The van der Waals surface area contributed by atoms with Crippen LogP contribution in [-0.2, 0) is 4.83 Å². The molecule has 0 radical (unpaired) electrons. The summed E-state index contributed by atoms with van der Waals surface area (Å²) in [6.45, 7) is 1.56. The molecule has 60 valence electrons. The Hall–Kier alpha value is -0.580. The largest absolute Gasteiger partial charge is 0.343 e. The van der Waals surface area contributed by atoms with Crippen molar-refractivity contribution >= 4 is 15.9 Å². The van der Waals surface area contributed by atoms with E-state index in [1.54, 1.807) is 6.92 Å². The minimum Gasteiger partial charge on any atom is -0.242 e. The number of rotatable bonds is 1. The zero-order valence-electron chi connectivity index (χ0n) is 5.68. The molecule has 0 fully saturated rings. The number of hydrogen-bond donors (Lipinski definition) is 0. The molecule has 1 aromatic heterocycles. The Morgan fingerprint density at radius 2 is 2.18 bits per heavy atom. The summed E-state index contributed by atoms with van der Waals surface area (Å²) in [6, 6.07) is 1.17. The number of nitrogens with zero attached hydrogens (tertiary/aromatic N) is 2. The third-order valence-electron chi connectivity index (χ3n) is 1.07. The predicted molar refractivity (Wildman–Crippen MR) is 39.6 cm³/mol. The van der Waals surface area contributed by atoms with Crippen molar-refractivity contribution in [3.63, 3.8) is 0 Å². The summed E-state index contributed by atoms with van der Waals surface area (Å²) in [5.74, 6) is 0.335. The highest BCUT2D eigenvalue weighted by atomic mass is 79.9. The molecule has 1 aromatic rings. The first-order chi connectivity index (χ1) is 5.00. The van der Waals surface area contributed by atoms with Crippen molar-refractivity contribution in [2.24, 2.45) is 0 Å². The van der Waals surface area contributed by atoms with Crippen LogP contribution in [0.5, 0.6) is 0 Å². The van der Waals surface area contributed by atoms with Gasteiger partial charge in [-0.15, -0.1) is 0 Å². The lowest BCUT2D eigenvalue weighted by Gasteiger charge is -2.06. The molecule has 0 aliphatic carbocycles. The zero-order chi connectivity index (χ0) is 8.48. The number of halogens is 3. The van der Waals surface area contributed by atoms with Crippen molar-refractivity contribution in [2.75, 3.05) is 0 Å². The maximum Gasteiger partial charge on any atom is 0.343 e. The quantitative estimate of drug-likeness (QED) is 0.682. The molecule has 0 bridgehead atoms. The number of aromatic nitrogens is 2. The van der Waals surface area contributed by atoms with Crippen molar-refractivity contribution in [3.05, 3.63) is 23.8 Å². The molecule has 0 amide bonds. The summed E-state index contributed by atoms with van der Waals surface area (Å²) in [5.41, 5.74) is -0.315. The van der Waals surface area contributed by atoms with Crippen LogP contribution in [0.2, 0.25) is 0 Å². The Kier molecular flexibility index (Phi) is 2.17. The van der Waals surface area contributed by atoms with Gasteiger partial charge in [0.2, 0.25) is 0 Å². The van der Waals surface area contributed by atoms with E-state index in [1.165, 1.54) is 12.3 Å². The van der Waals surface area contributed by atoms with Gasteiger partial charge in [-0.25, -0.2) is 9.97 Å². The third kappa shape index (κ3) is 2.18. The molecular weight excluding hydrogens is 218 g/mol. The molecule has 5 heteroatoms. The molecule has 0 N–H and O–H groups in total. The van der Waals surface area contributed by atoms with Crippen molar-refractivity contribution in [1.29, 1.82) is 0 Å². The average Bonchev–Trinajstić information content (AvgIpc) is 1.86. The smallest absolute Gasteiger partial charge is 0.242 e. The zero-order valence-corrected chi connectivity index (χ0v) is 7.27. The van der Waals surface area contributed by atoms with Crippen LogP contribution in [0.25, 0.3) is 0 Å². The van der Waals surface area contributed by atoms with Crippen LogP contribution in [0.3, 0.4) is 0 Å². The topological polar surface area (TPSA) is 25.8 Å². The lowest BCUT2D eigenvalue weighted by molar-refractivity contribution is 0.109. The Balaban J connectivity index is 3.06. The van der Waals surface area contributed by atoms with E-state index < -0.39 is 4.83 Å². The van der Waals surface area contributed by atoms with Gasteiger partial charge < -0.3 is 0 Å². The summed E-state index contributed by atoms with van der Waals surface area (Å²) in [7, 11) is 0. The fourth-order valence-corrected chi connectivity index (χ4v) is 0.835. The van der Waals surface area contributed by atoms with Crippen LogP contribution in [0.15, 0.2) is 12.3 Å². The van der Waals surface area contributed by atoms with Gasteiger partial charge in [-0.3, -0.25) is 0 Å². The first-order valence-electron chi connectivity index (χ1n) is 2.87. The van der Waals surface area contributed by atoms with Crippen molar-refractivity contribution < 1.29 is 8.78 Å². The second kappa shape index (κ2) is 2.81. The Morgan fingerprint density at radius 3 is 2.55 bits per heavy atom. The lowest BCUT2D eigenvalue weighted by Crippen LogP contribution is -2.06. The molecule has 1 rings (SSSR count). The number of aryl methyl sites for hydroxylation is 1. The van der Waals surface area contributed by atoms with Gasteiger partial charge in [-0.2, -0.15) is 8.78 Å². The molecule has 0 spiro atoms. The van der Waals surface area contributed by atoms with Crippen LogP contribution in [0.1, 0.15) is 11.5 Å². The third-order valence-corrected chi connectivity index (χ3v) is 1.47. The van der Waals surface area contributed by atoms with Crippen molar-refractivity contribution in [2.45, 2.75) is 11.8 Å². The molecule has 0 aromatic carbocycles. The van der Waals surface area contributed by atoms with Gasteiger partial charge in [-0.05, 0) is 28.9 Å². The molecule has 1 heterocycles. The van der Waals surface area contributed by atoms with Gasteiger partial charge in [0.25, 0.3) is 0 Å². The van der Waals surface area contributed by atoms with E-state index in [4.69, 9.17) is 0 Å². The summed E-state index contributed by atoms with van der Waals surface area (Å²) in [5, 5.41) is 0. The van der Waals surface area contributed by atoms with Crippen molar-refractivity contribution in [1.82, 2.24) is 9.97 Å². The first-order valence-corrected chi connectivity index (χ1v) is 3.66.